The number of nitrogens with two attached hydrogens (primary N) is 1. The number of benzene rings is 1. The normalized spacial score (nSPS) is 14.4. The molecule has 2 rings (SSSR count). The number of fused-ring (bicyclic) bond motifs is 1. The van der Waals surface area contributed by atoms with E-state index in [4.69, 9.17) is 5.73 Å². The van der Waals surface area contributed by atoms with E-state index in [9.17, 15) is 0 Å². The molecule has 1 aromatic rings. The van der Waals surface area contributed by atoms with Crippen LogP contribution < -0.4 is 11.1 Å². The second kappa shape index (κ2) is 2.02. The molecule has 0 radical (unpaired) electrons. The van der Waals surface area contributed by atoms with Crippen molar-refractivity contribution in [1.29, 1.82) is 0 Å². The van der Waals surface area contributed by atoms with Gasteiger partial charge >= 0.3 is 0 Å². The van der Waals surface area contributed by atoms with Crippen molar-refractivity contribution in [1.82, 2.24) is 0 Å². The molecule has 0 saturated carbocycles. The fourth-order valence-corrected chi connectivity index (χ4v) is 1.35. The van der Waals surface area contributed by atoms with Gasteiger partial charge in [0.25, 0.3) is 0 Å². The Morgan fingerprint density at radius 2 is 2.27 bits per heavy atom. The highest BCUT2D eigenvalue weighted by Gasteiger charge is 2.11. The zero-order valence-corrected chi connectivity index (χ0v) is 6.22. The molecule has 1 heterocycles. The summed E-state index contributed by atoms with van der Waals surface area (Å²) in [5.74, 6) is 0. The van der Waals surface area contributed by atoms with Crippen LogP contribution in [0.15, 0.2) is 30.5 Å². The van der Waals surface area contributed by atoms with Gasteiger partial charge in [-0.2, -0.15) is 0 Å². The summed E-state index contributed by atoms with van der Waals surface area (Å²) in [6, 6.07) is 5.87. The van der Waals surface area contributed by atoms with Crippen molar-refractivity contribution in [2.24, 2.45) is 0 Å². The van der Waals surface area contributed by atoms with Gasteiger partial charge in [-0.1, -0.05) is 6.58 Å². The van der Waals surface area contributed by atoms with Gasteiger partial charge in [-0.25, -0.2) is 0 Å². The first-order valence-electron chi connectivity index (χ1n) is 3.59. The summed E-state index contributed by atoms with van der Waals surface area (Å²) in [5.41, 5.74) is 9.87. The highest BCUT2D eigenvalue weighted by atomic mass is 14.9. The highest BCUT2D eigenvalue weighted by Crippen LogP contribution is 2.28. The minimum absolute atomic E-state index is 0.820. The molecule has 0 unspecified atom stereocenters. The van der Waals surface area contributed by atoms with E-state index in [1.165, 1.54) is 5.56 Å². The van der Waals surface area contributed by atoms with Crippen molar-refractivity contribution in [3.8, 4) is 0 Å². The van der Waals surface area contributed by atoms with Gasteiger partial charge in [0.05, 0.1) is 0 Å². The topological polar surface area (TPSA) is 38.0 Å². The molecule has 0 aliphatic carbocycles. The molecule has 11 heavy (non-hydrogen) atoms. The molecule has 0 bridgehead atoms. The Bertz CT molecular complexity index is 315. The van der Waals surface area contributed by atoms with Crippen LogP contribution in [-0.2, 0) is 6.42 Å². The third-order valence-corrected chi connectivity index (χ3v) is 1.84. The third kappa shape index (κ3) is 0.963. The Morgan fingerprint density at radius 3 is 3.09 bits per heavy atom. The molecule has 0 spiro atoms. The minimum Gasteiger partial charge on any atom is -0.399 e. The maximum atomic E-state index is 5.62. The Labute approximate surface area is 65.7 Å². The van der Waals surface area contributed by atoms with Gasteiger partial charge < -0.3 is 11.1 Å². The molecule has 1 aliphatic rings. The molecular formula is C9H10N2. The average molecular weight is 146 g/mol. The molecule has 3 N–H and O–H groups in total. The highest BCUT2D eigenvalue weighted by molar-refractivity contribution is 5.65. The van der Waals surface area contributed by atoms with Gasteiger partial charge in [0.15, 0.2) is 0 Å². The van der Waals surface area contributed by atoms with E-state index in [1.54, 1.807) is 0 Å². The summed E-state index contributed by atoms with van der Waals surface area (Å²) >= 11 is 0. The number of allylic oxidation sites excluding steroid dienone is 1. The van der Waals surface area contributed by atoms with Crippen LogP contribution >= 0.6 is 0 Å². The quantitative estimate of drug-likeness (QED) is 0.547. The second-order valence-electron chi connectivity index (χ2n) is 2.82. The summed E-state index contributed by atoms with van der Waals surface area (Å²) < 4.78 is 0. The number of anilines is 2. The smallest absolute Gasteiger partial charge is 0.0419 e. The first-order chi connectivity index (χ1) is 5.25. The van der Waals surface area contributed by atoms with Crippen LogP contribution in [0.5, 0.6) is 0 Å². The zero-order valence-electron chi connectivity index (χ0n) is 6.22. The van der Waals surface area contributed by atoms with Crippen molar-refractivity contribution < 1.29 is 0 Å². The van der Waals surface area contributed by atoms with Crippen LogP contribution in [0, 0.1) is 0 Å². The van der Waals surface area contributed by atoms with Crippen LogP contribution in [-0.4, -0.2) is 0 Å². The predicted molar refractivity (Wildman–Crippen MR) is 47.3 cm³/mol. The lowest BCUT2D eigenvalue weighted by atomic mass is 10.1. The van der Waals surface area contributed by atoms with Gasteiger partial charge in [0.1, 0.15) is 0 Å². The molecule has 0 aromatic heterocycles. The second-order valence-corrected chi connectivity index (χ2v) is 2.82. The van der Waals surface area contributed by atoms with Gasteiger partial charge in [0.2, 0.25) is 0 Å². The number of hydrogen-bond donors (Lipinski definition) is 2. The summed E-state index contributed by atoms with van der Waals surface area (Å²) in [6.07, 6.45) is 0.903. The molecule has 56 valence electrons. The summed E-state index contributed by atoms with van der Waals surface area (Å²) in [5, 5.41) is 3.17. The molecular weight excluding hydrogens is 136 g/mol. The fraction of sp³-hybridized carbons (Fsp3) is 0.111. The number of nitrogen functional groups attached to an aromatic ring is 1. The van der Waals surface area contributed by atoms with Crippen LogP contribution in [0.25, 0.3) is 0 Å². The standard InChI is InChI=1S/C9H10N2/c1-6-4-7-5-8(10)2-3-9(7)11-6/h2-3,5,11H,1,4,10H2. The Morgan fingerprint density at radius 1 is 1.45 bits per heavy atom. The predicted octanol–water partition coefficient (Wildman–Crippen LogP) is 1.75. The van der Waals surface area contributed by atoms with Gasteiger partial charge in [-0.15, -0.1) is 0 Å². The number of nitrogens with one attached hydrogen (secondary N) is 1. The van der Waals surface area contributed by atoms with Crippen LogP contribution in [0.3, 0.4) is 0 Å². The Hall–Kier alpha value is -1.44. The number of hydrogen-bond acceptors (Lipinski definition) is 2. The Kier molecular flexibility index (Phi) is 1.15. The lowest BCUT2D eigenvalue weighted by Crippen LogP contribution is -1.87. The monoisotopic (exact) mass is 146 g/mol. The first kappa shape index (κ1) is 6.28. The van der Waals surface area contributed by atoms with Crippen molar-refractivity contribution >= 4 is 11.4 Å². The maximum Gasteiger partial charge on any atom is 0.0419 e. The number of rotatable bonds is 0. The lowest BCUT2D eigenvalue weighted by molar-refractivity contribution is 1.26. The van der Waals surface area contributed by atoms with Crippen molar-refractivity contribution in [3.05, 3.63) is 36.0 Å². The van der Waals surface area contributed by atoms with E-state index in [0.717, 1.165) is 23.5 Å². The zero-order chi connectivity index (χ0) is 7.84. The van der Waals surface area contributed by atoms with Crippen LogP contribution in [0.4, 0.5) is 11.4 Å². The van der Waals surface area contributed by atoms with Crippen molar-refractivity contribution in [2.75, 3.05) is 11.1 Å². The van der Waals surface area contributed by atoms with Crippen LogP contribution in [0.2, 0.25) is 0 Å². The average Bonchev–Trinajstić information content (AvgIpc) is 2.27. The molecule has 0 atom stereocenters. The van der Waals surface area contributed by atoms with Gasteiger partial charge in [0, 0.05) is 23.5 Å². The van der Waals surface area contributed by atoms with E-state index in [2.05, 4.69) is 11.9 Å². The van der Waals surface area contributed by atoms with E-state index in [1.807, 2.05) is 18.2 Å². The van der Waals surface area contributed by atoms with Crippen LogP contribution in [0.1, 0.15) is 5.56 Å². The molecule has 2 heteroatoms. The lowest BCUT2D eigenvalue weighted by Gasteiger charge is -1.98. The molecule has 0 amide bonds. The molecule has 0 saturated heterocycles. The van der Waals surface area contributed by atoms with Crippen molar-refractivity contribution in [3.63, 3.8) is 0 Å². The minimum atomic E-state index is 0.820. The van der Waals surface area contributed by atoms with E-state index in [-0.39, 0.29) is 0 Å². The van der Waals surface area contributed by atoms with Crippen molar-refractivity contribution in [2.45, 2.75) is 6.42 Å². The molecule has 2 nitrogen and oxygen atoms in total. The van der Waals surface area contributed by atoms with E-state index < -0.39 is 0 Å². The third-order valence-electron chi connectivity index (χ3n) is 1.84. The first-order valence-corrected chi connectivity index (χ1v) is 3.59. The largest absolute Gasteiger partial charge is 0.399 e. The SMILES string of the molecule is C=C1Cc2cc(N)ccc2N1. The summed E-state index contributed by atoms with van der Waals surface area (Å²) in [6.45, 7) is 3.85. The molecule has 1 aliphatic heterocycles. The Balaban J connectivity index is 2.51. The fourth-order valence-electron chi connectivity index (χ4n) is 1.35. The summed E-state index contributed by atoms with van der Waals surface area (Å²) in [4.78, 5) is 0. The van der Waals surface area contributed by atoms with E-state index >= 15 is 0 Å². The maximum absolute atomic E-state index is 5.62. The summed E-state index contributed by atoms with van der Waals surface area (Å²) in [7, 11) is 0. The van der Waals surface area contributed by atoms with Gasteiger partial charge in [-0.05, 0) is 23.8 Å². The van der Waals surface area contributed by atoms with E-state index in [0.29, 0.717) is 0 Å². The molecule has 1 aromatic carbocycles. The van der Waals surface area contributed by atoms with Gasteiger partial charge in [-0.3, -0.25) is 0 Å². The molecule has 0 fully saturated rings.